The first-order valence-corrected chi connectivity index (χ1v) is 11.7. The number of aromatic hydroxyl groups is 1. The van der Waals surface area contributed by atoms with E-state index < -0.39 is 23.0 Å². The van der Waals surface area contributed by atoms with Crippen LogP contribution in [0.15, 0.2) is 54.6 Å². The van der Waals surface area contributed by atoms with Gasteiger partial charge in [-0.05, 0) is 66.3 Å². The van der Waals surface area contributed by atoms with Crippen molar-refractivity contribution < 1.29 is 23.8 Å². The molecule has 1 heterocycles. The van der Waals surface area contributed by atoms with Crippen LogP contribution < -0.4 is 0 Å². The van der Waals surface area contributed by atoms with Gasteiger partial charge in [-0.3, -0.25) is 0 Å². The summed E-state index contributed by atoms with van der Waals surface area (Å²) >= 11 is 0. The van der Waals surface area contributed by atoms with Crippen LogP contribution in [-0.4, -0.2) is 20.7 Å². The van der Waals surface area contributed by atoms with Crippen molar-refractivity contribution in [1.82, 2.24) is 4.57 Å². The third-order valence-electron chi connectivity index (χ3n) is 6.86. The minimum absolute atomic E-state index is 0.0436. The number of fused-ring (bicyclic) bond motifs is 1. The number of carbonyl (C=O) groups is 1. The monoisotopic (exact) mass is 486 g/mol. The van der Waals surface area contributed by atoms with E-state index in [2.05, 4.69) is 6.07 Å². The Morgan fingerprint density at radius 2 is 1.78 bits per heavy atom. The second kappa shape index (κ2) is 8.49. The van der Waals surface area contributed by atoms with Gasteiger partial charge < -0.3 is 14.8 Å². The maximum absolute atomic E-state index is 14.4. The number of phenolic OH excluding ortho intramolecular Hbond substituents is 1. The second-order valence-electron chi connectivity index (χ2n) is 9.97. The van der Waals surface area contributed by atoms with E-state index in [1.807, 2.05) is 19.9 Å². The number of benzene rings is 3. The lowest BCUT2D eigenvalue weighted by atomic mass is 9.81. The van der Waals surface area contributed by atoms with Gasteiger partial charge in [0.15, 0.2) is 11.6 Å². The molecule has 4 aromatic rings. The molecule has 0 saturated heterocycles. The van der Waals surface area contributed by atoms with Crippen LogP contribution in [0.3, 0.4) is 0 Å². The average Bonchev–Trinajstić information content (AvgIpc) is 3.62. The quantitative estimate of drug-likeness (QED) is 0.306. The largest absolute Gasteiger partial charge is 0.507 e. The third-order valence-corrected chi connectivity index (χ3v) is 6.86. The van der Waals surface area contributed by atoms with Gasteiger partial charge in [0.05, 0.1) is 17.1 Å². The number of aromatic nitrogens is 1. The van der Waals surface area contributed by atoms with Crippen LogP contribution >= 0.6 is 0 Å². The fourth-order valence-corrected chi connectivity index (χ4v) is 4.94. The summed E-state index contributed by atoms with van der Waals surface area (Å²) in [5.74, 6) is -2.68. The molecular weight excluding hydrogens is 462 g/mol. The number of rotatable bonds is 6. The van der Waals surface area contributed by atoms with E-state index in [1.165, 1.54) is 18.2 Å². The molecule has 0 radical (unpaired) electrons. The van der Waals surface area contributed by atoms with Crippen molar-refractivity contribution in [1.29, 1.82) is 5.26 Å². The molecule has 0 unspecified atom stereocenters. The first kappa shape index (κ1) is 23.6. The number of phenols is 1. The number of carboxylic acid groups (broad SMARTS) is 1. The Hall–Kier alpha value is -4.18. The van der Waals surface area contributed by atoms with Crippen molar-refractivity contribution in [3.8, 4) is 28.6 Å². The SMILES string of the molecule is CC(C)(CC#N)c1c(-c2ccc(C(=O)O)cc2)c2c(O)cc(C3CC3)cc2n1-c1ccc(F)c(F)c1. The smallest absolute Gasteiger partial charge is 0.335 e. The molecule has 36 heavy (non-hydrogen) atoms. The van der Waals surface area contributed by atoms with Crippen LogP contribution in [0.5, 0.6) is 5.75 Å². The highest BCUT2D eigenvalue weighted by atomic mass is 19.2. The number of hydrogen-bond donors (Lipinski definition) is 2. The Kier molecular flexibility index (Phi) is 5.55. The minimum Gasteiger partial charge on any atom is -0.507 e. The number of halogens is 2. The number of hydrogen-bond acceptors (Lipinski definition) is 3. The molecule has 0 aliphatic heterocycles. The van der Waals surface area contributed by atoms with Crippen LogP contribution in [-0.2, 0) is 5.41 Å². The number of aromatic carboxylic acids is 1. The number of carboxylic acids is 1. The molecular formula is C29H24F2N2O3. The molecule has 3 aromatic carbocycles. The summed E-state index contributed by atoms with van der Waals surface area (Å²) in [5.41, 5.74) is 3.16. The zero-order valence-corrected chi connectivity index (χ0v) is 19.8. The van der Waals surface area contributed by atoms with Gasteiger partial charge in [-0.25, -0.2) is 13.6 Å². The molecule has 182 valence electrons. The second-order valence-corrected chi connectivity index (χ2v) is 9.97. The van der Waals surface area contributed by atoms with Crippen LogP contribution in [0, 0.1) is 23.0 Å². The van der Waals surface area contributed by atoms with Crippen LogP contribution in [0.25, 0.3) is 27.7 Å². The van der Waals surface area contributed by atoms with Crippen molar-refractivity contribution >= 4 is 16.9 Å². The molecule has 0 atom stereocenters. The van der Waals surface area contributed by atoms with E-state index in [9.17, 15) is 29.1 Å². The Balaban J connectivity index is 1.94. The lowest BCUT2D eigenvalue weighted by Crippen LogP contribution is -2.22. The molecule has 1 fully saturated rings. The maximum Gasteiger partial charge on any atom is 0.335 e. The third kappa shape index (κ3) is 3.89. The molecule has 2 N–H and O–H groups in total. The van der Waals surface area contributed by atoms with Gasteiger partial charge >= 0.3 is 5.97 Å². The predicted molar refractivity (Wildman–Crippen MR) is 132 cm³/mol. The molecule has 0 bridgehead atoms. The highest BCUT2D eigenvalue weighted by Gasteiger charge is 2.34. The number of nitriles is 1. The Bertz CT molecular complexity index is 1560. The zero-order chi connectivity index (χ0) is 25.8. The fraction of sp³-hybridized carbons (Fsp3) is 0.241. The zero-order valence-electron chi connectivity index (χ0n) is 19.8. The van der Waals surface area contributed by atoms with Gasteiger partial charge in [0.1, 0.15) is 5.75 Å². The van der Waals surface area contributed by atoms with Crippen molar-refractivity contribution in [3.05, 3.63) is 83.1 Å². The van der Waals surface area contributed by atoms with Gasteiger partial charge in [-0.1, -0.05) is 26.0 Å². The highest BCUT2D eigenvalue weighted by Crippen LogP contribution is 2.50. The summed E-state index contributed by atoms with van der Waals surface area (Å²) in [6.07, 6.45) is 2.13. The normalized spacial score (nSPS) is 13.6. The predicted octanol–water partition coefficient (Wildman–Crippen LogP) is 7.05. The van der Waals surface area contributed by atoms with Crippen molar-refractivity contribution in [3.63, 3.8) is 0 Å². The summed E-state index contributed by atoms with van der Waals surface area (Å²) in [6.45, 7) is 3.77. The summed E-state index contributed by atoms with van der Waals surface area (Å²) in [7, 11) is 0. The Morgan fingerprint density at radius 3 is 2.36 bits per heavy atom. The fourth-order valence-electron chi connectivity index (χ4n) is 4.94. The van der Waals surface area contributed by atoms with Gasteiger partial charge in [0, 0.05) is 40.2 Å². The topological polar surface area (TPSA) is 86.2 Å². The van der Waals surface area contributed by atoms with Crippen molar-refractivity contribution in [2.45, 2.75) is 44.4 Å². The summed E-state index contributed by atoms with van der Waals surface area (Å²) in [6, 6.07) is 15.9. The standard InChI is InChI=1S/C29H24F2N2O3/c1-29(2,11-12-32)27-25(17-5-7-18(8-6-17)28(35)36)26-23(13-19(14-24(26)34)16-3-4-16)33(27)20-9-10-21(30)22(31)15-20/h5-10,13-16,34H,3-4,11H2,1-2H3,(H,35,36). The van der Waals surface area contributed by atoms with Gasteiger partial charge in [0.25, 0.3) is 0 Å². The van der Waals surface area contributed by atoms with Crippen LogP contribution in [0.1, 0.15) is 60.6 Å². The molecule has 0 amide bonds. The van der Waals surface area contributed by atoms with Gasteiger partial charge in [0.2, 0.25) is 0 Å². The molecule has 0 spiro atoms. The van der Waals surface area contributed by atoms with E-state index in [-0.39, 0.29) is 17.7 Å². The van der Waals surface area contributed by atoms with E-state index in [0.29, 0.717) is 39.3 Å². The molecule has 1 aromatic heterocycles. The van der Waals surface area contributed by atoms with E-state index in [1.54, 1.807) is 22.8 Å². The molecule has 5 nitrogen and oxygen atoms in total. The number of nitrogens with zero attached hydrogens (tertiary/aromatic N) is 2. The molecule has 1 aliphatic carbocycles. The first-order chi connectivity index (χ1) is 17.1. The minimum atomic E-state index is -1.06. The Morgan fingerprint density at radius 1 is 1.08 bits per heavy atom. The van der Waals surface area contributed by atoms with E-state index >= 15 is 0 Å². The molecule has 5 rings (SSSR count). The first-order valence-electron chi connectivity index (χ1n) is 11.7. The molecule has 7 heteroatoms. The van der Waals surface area contributed by atoms with Crippen molar-refractivity contribution in [2.24, 2.45) is 0 Å². The molecule has 1 saturated carbocycles. The molecule has 1 aliphatic rings. The van der Waals surface area contributed by atoms with Crippen molar-refractivity contribution in [2.75, 3.05) is 0 Å². The van der Waals surface area contributed by atoms with E-state index in [0.717, 1.165) is 30.5 Å². The summed E-state index contributed by atoms with van der Waals surface area (Å²) < 4.78 is 30.1. The summed E-state index contributed by atoms with van der Waals surface area (Å²) in [4.78, 5) is 11.4. The van der Waals surface area contributed by atoms with E-state index in [4.69, 9.17) is 0 Å². The Labute approximate surface area is 206 Å². The van der Waals surface area contributed by atoms with Crippen LogP contribution in [0.4, 0.5) is 8.78 Å². The van der Waals surface area contributed by atoms with Gasteiger partial charge in [-0.2, -0.15) is 5.26 Å². The van der Waals surface area contributed by atoms with Gasteiger partial charge in [-0.15, -0.1) is 0 Å². The lowest BCUT2D eigenvalue weighted by Gasteiger charge is -2.26. The summed E-state index contributed by atoms with van der Waals surface area (Å²) in [5, 5.41) is 30.8. The average molecular weight is 487 g/mol. The highest BCUT2D eigenvalue weighted by molar-refractivity contribution is 6.04. The van der Waals surface area contributed by atoms with Crippen LogP contribution in [0.2, 0.25) is 0 Å². The maximum atomic E-state index is 14.4. The lowest BCUT2D eigenvalue weighted by molar-refractivity contribution is 0.0697.